The van der Waals surface area contributed by atoms with Gasteiger partial charge in [-0.1, -0.05) is 24.3 Å². The van der Waals surface area contributed by atoms with Crippen LogP contribution in [0.4, 0.5) is 0 Å². The lowest BCUT2D eigenvalue weighted by Gasteiger charge is -2.29. The van der Waals surface area contributed by atoms with E-state index in [1.165, 1.54) is 5.56 Å². The first-order chi connectivity index (χ1) is 16.0. The summed E-state index contributed by atoms with van der Waals surface area (Å²) in [6.07, 6.45) is 6.53. The lowest BCUT2D eigenvalue weighted by Crippen LogP contribution is -2.36. The Morgan fingerprint density at radius 3 is 2.67 bits per heavy atom. The molecule has 0 fully saturated rings. The number of amides is 2. The van der Waals surface area contributed by atoms with E-state index in [4.69, 9.17) is 0 Å². The summed E-state index contributed by atoms with van der Waals surface area (Å²) >= 11 is 0. The highest BCUT2D eigenvalue weighted by Crippen LogP contribution is 2.37. The van der Waals surface area contributed by atoms with Crippen LogP contribution in [0.25, 0.3) is 27.7 Å². The number of para-hydroxylation sites is 1. The first-order valence-electron chi connectivity index (χ1n) is 11.4. The third kappa shape index (κ3) is 3.03. The number of hydrogen-bond acceptors (Lipinski definition) is 4. The van der Waals surface area contributed by atoms with E-state index in [2.05, 4.69) is 58.0 Å². The van der Waals surface area contributed by atoms with Crippen LogP contribution >= 0.6 is 0 Å². The van der Waals surface area contributed by atoms with Crippen LogP contribution in [0.5, 0.6) is 0 Å². The number of fused-ring (bicyclic) bond motifs is 1. The molecule has 6 rings (SSSR count). The summed E-state index contributed by atoms with van der Waals surface area (Å²) in [5.74, 6) is -0.739. The Kier molecular flexibility index (Phi) is 4.48. The van der Waals surface area contributed by atoms with E-state index >= 15 is 0 Å². The molecule has 0 atom stereocenters. The van der Waals surface area contributed by atoms with E-state index in [1.807, 2.05) is 28.8 Å². The number of carbonyl (C=O) groups excluding carboxylic acids is 2. The van der Waals surface area contributed by atoms with Crippen LogP contribution in [-0.2, 0) is 22.6 Å². The molecule has 2 aliphatic heterocycles. The summed E-state index contributed by atoms with van der Waals surface area (Å²) in [7, 11) is 0. The molecule has 5 heterocycles. The van der Waals surface area contributed by atoms with Crippen molar-refractivity contribution in [2.75, 3.05) is 13.1 Å². The number of imidazole rings is 1. The van der Waals surface area contributed by atoms with Crippen molar-refractivity contribution in [3.05, 3.63) is 71.8 Å². The maximum absolute atomic E-state index is 13.1. The summed E-state index contributed by atoms with van der Waals surface area (Å²) in [5.41, 5.74) is 5.38. The molecule has 0 radical (unpaired) electrons. The van der Waals surface area contributed by atoms with Gasteiger partial charge in [0.05, 0.1) is 28.6 Å². The van der Waals surface area contributed by atoms with Crippen LogP contribution in [0, 0.1) is 0 Å². The first-order valence-corrected chi connectivity index (χ1v) is 11.4. The molecule has 7 nitrogen and oxygen atoms in total. The van der Waals surface area contributed by atoms with Crippen LogP contribution in [-0.4, -0.2) is 49.8 Å². The molecule has 7 heteroatoms. The third-order valence-electron chi connectivity index (χ3n) is 6.88. The summed E-state index contributed by atoms with van der Waals surface area (Å²) in [6, 6.07) is 12.4. The van der Waals surface area contributed by atoms with Gasteiger partial charge in [-0.15, -0.1) is 0 Å². The van der Waals surface area contributed by atoms with Gasteiger partial charge < -0.3 is 4.57 Å². The second-order valence-corrected chi connectivity index (χ2v) is 9.03. The maximum Gasteiger partial charge on any atom is 0.261 e. The fourth-order valence-electron chi connectivity index (χ4n) is 5.22. The molecule has 0 saturated heterocycles. The Morgan fingerprint density at radius 1 is 0.970 bits per heavy atom. The van der Waals surface area contributed by atoms with Gasteiger partial charge in [0.2, 0.25) is 0 Å². The van der Waals surface area contributed by atoms with Gasteiger partial charge in [-0.05, 0) is 38.0 Å². The molecule has 166 valence electrons. The maximum atomic E-state index is 13.1. The predicted molar refractivity (Wildman–Crippen MR) is 128 cm³/mol. The molecule has 1 aromatic carbocycles. The van der Waals surface area contributed by atoms with E-state index in [0.717, 1.165) is 48.2 Å². The summed E-state index contributed by atoms with van der Waals surface area (Å²) in [5, 5.41) is 3.54. The number of pyridine rings is 1. The van der Waals surface area contributed by atoms with Crippen molar-refractivity contribution in [1.82, 2.24) is 24.2 Å². The molecule has 4 aromatic rings. The van der Waals surface area contributed by atoms with Gasteiger partial charge in [0, 0.05) is 49.0 Å². The Bertz CT molecular complexity index is 1470. The zero-order valence-electron chi connectivity index (χ0n) is 18.7. The number of imide groups is 1. The SMILES string of the molecule is CC(C)N1CCc2cccc3c(C4=C(c5cnc6ccccn56)C(=O)NC4=O)cn(c23)CC1. The van der Waals surface area contributed by atoms with Crippen LogP contribution in [0.2, 0.25) is 0 Å². The quantitative estimate of drug-likeness (QED) is 0.498. The molecule has 33 heavy (non-hydrogen) atoms. The highest BCUT2D eigenvalue weighted by molar-refractivity contribution is 6.49. The summed E-state index contributed by atoms with van der Waals surface area (Å²) in [4.78, 5) is 33.0. The van der Waals surface area contributed by atoms with Crippen LogP contribution in [0.3, 0.4) is 0 Å². The minimum atomic E-state index is -0.381. The fraction of sp³-hybridized carbons (Fsp3) is 0.269. The van der Waals surface area contributed by atoms with Crippen molar-refractivity contribution in [2.24, 2.45) is 0 Å². The normalized spacial score (nSPS) is 17.3. The van der Waals surface area contributed by atoms with Gasteiger partial charge in [0.25, 0.3) is 11.8 Å². The molecule has 0 saturated carbocycles. The zero-order chi connectivity index (χ0) is 22.7. The third-order valence-corrected chi connectivity index (χ3v) is 6.88. The van der Waals surface area contributed by atoms with Crippen molar-refractivity contribution < 1.29 is 9.59 Å². The monoisotopic (exact) mass is 439 g/mol. The van der Waals surface area contributed by atoms with Crippen molar-refractivity contribution >= 4 is 39.5 Å². The van der Waals surface area contributed by atoms with Crippen molar-refractivity contribution in [1.29, 1.82) is 0 Å². The van der Waals surface area contributed by atoms with Crippen molar-refractivity contribution in [3.63, 3.8) is 0 Å². The van der Waals surface area contributed by atoms with Crippen LogP contribution in [0.1, 0.15) is 30.7 Å². The lowest BCUT2D eigenvalue weighted by molar-refractivity contribution is -0.122. The molecule has 3 aromatic heterocycles. The van der Waals surface area contributed by atoms with E-state index in [1.54, 1.807) is 6.20 Å². The standard InChI is InChI=1S/C26H25N5O2/c1-16(2)29-11-9-17-6-5-7-18-19(15-30(13-12-29)24(17)18)22-23(26(33)28-25(22)32)20-14-27-21-8-3-4-10-31(20)21/h3-8,10,14-16H,9,11-13H2,1-2H3,(H,28,32,33). The van der Waals surface area contributed by atoms with E-state index < -0.39 is 0 Å². The highest BCUT2D eigenvalue weighted by Gasteiger charge is 2.35. The molecular weight excluding hydrogens is 414 g/mol. The first kappa shape index (κ1) is 19.9. The van der Waals surface area contributed by atoms with Crippen molar-refractivity contribution in [3.8, 4) is 0 Å². The Labute approximate surface area is 191 Å². The smallest absolute Gasteiger partial charge is 0.261 e. The Morgan fingerprint density at radius 2 is 1.82 bits per heavy atom. The zero-order valence-corrected chi connectivity index (χ0v) is 18.7. The molecule has 2 aliphatic rings. The Hall–Kier alpha value is -3.71. The molecule has 0 aliphatic carbocycles. The van der Waals surface area contributed by atoms with Gasteiger partial charge in [-0.3, -0.25) is 24.2 Å². The average Bonchev–Trinajstić information content (AvgIpc) is 3.45. The fourth-order valence-corrected chi connectivity index (χ4v) is 5.22. The topological polar surface area (TPSA) is 71.6 Å². The molecule has 0 spiro atoms. The van der Waals surface area contributed by atoms with Crippen LogP contribution in [0.15, 0.2) is 55.0 Å². The number of carbonyl (C=O) groups is 2. The number of aromatic nitrogens is 3. The number of hydrogen-bond donors (Lipinski definition) is 1. The molecule has 2 amide bonds. The van der Waals surface area contributed by atoms with E-state index in [-0.39, 0.29) is 11.8 Å². The lowest BCUT2D eigenvalue weighted by atomic mass is 9.97. The van der Waals surface area contributed by atoms with Crippen LogP contribution < -0.4 is 5.32 Å². The molecule has 0 unspecified atom stereocenters. The van der Waals surface area contributed by atoms with E-state index in [9.17, 15) is 9.59 Å². The number of benzene rings is 1. The Balaban J connectivity index is 1.59. The van der Waals surface area contributed by atoms with Gasteiger partial charge in [0.1, 0.15) is 5.65 Å². The predicted octanol–water partition coefficient (Wildman–Crippen LogP) is 3.12. The molecular formula is C26H25N5O2. The molecule has 0 bridgehead atoms. The van der Waals surface area contributed by atoms with E-state index in [0.29, 0.717) is 22.9 Å². The second-order valence-electron chi connectivity index (χ2n) is 9.03. The largest absolute Gasteiger partial charge is 0.345 e. The summed E-state index contributed by atoms with van der Waals surface area (Å²) in [6.45, 7) is 7.24. The number of nitrogens with zero attached hydrogens (tertiary/aromatic N) is 4. The second kappa shape index (κ2) is 7.42. The van der Waals surface area contributed by atoms with Crippen molar-refractivity contribution in [2.45, 2.75) is 32.9 Å². The number of nitrogens with one attached hydrogen (secondary N) is 1. The average molecular weight is 440 g/mol. The minimum Gasteiger partial charge on any atom is -0.345 e. The highest BCUT2D eigenvalue weighted by atomic mass is 16.2. The summed E-state index contributed by atoms with van der Waals surface area (Å²) < 4.78 is 4.11. The number of rotatable bonds is 3. The molecule has 1 N–H and O–H groups in total. The van der Waals surface area contributed by atoms with Gasteiger partial charge >= 0.3 is 0 Å². The van der Waals surface area contributed by atoms with Gasteiger partial charge in [-0.2, -0.15) is 0 Å². The minimum absolute atomic E-state index is 0.357. The van der Waals surface area contributed by atoms with Gasteiger partial charge in [0.15, 0.2) is 0 Å². The van der Waals surface area contributed by atoms with Gasteiger partial charge in [-0.25, -0.2) is 4.98 Å².